The molecule has 4 rings (SSSR count). The number of aromatic nitrogens is 1. The second-order valence-electron chi connectivity index (χ2n) is 8.09. The molecule has 0 bridgehead atoms. The van der Waals surface area contributed by atoms with Crippen molar-refractivity contribution in [3.63, 3.8) is 0 Å². The molecule has 0 aliphatic heterocycles. The number of para-hydroxylation sites is 1. The average molecular weight is 402 g/mol. The summed E-state index contributed by atoms with van der Waals surface area (Å²) in [6.45, 7) is 5.47. The van der Waals surface area contributed by atoms with Gasteiger partial charge in [-0.05, 0) is 48.7 Å². The lowest BCUT2D eigenvalue weighted by molar-refractivity contribution is 0.103. The SMILES string of the molecule is CCCCC(CC)Cn1c2ccccc2c2cc(C(=O)c3ccccc3F)ccc21. The number of halogens is 1. The van der Waals surface area contributed by atoms with Crippen LogP contribution in [0, 0.1) is 11.7 Å². The Morgan fingerprint density at radius 2 is 1.67 bits per heavy atom. The van der Waals surface area contributed by atoms with Crippen molar-refractivity contribution in [3.8, 4) is 0 Å². The second-order valence-corrected chi connectivity index (χ2v) is 8.09. The van der Waals surface area contributed by atoms with Crippen molar-refractivity contribution in [1.29, 1.82) is 0 Å². The van der Waals surface area contributed by atoms with Crippen molar-refractivity contribution in [2.75, 3.05) is 0 Å². The Kier molecular flexibility index (Phi) is 5.98. The van der Waals surface area contributed by atoms with E-state index in [2.05, 4.69) is 36.6 Å². The summed E-state index contributed by atoms with van der Waals surface area (Å²) < 4.78 is 16.6. The van der Waals surface area contributed by atoms with Crippen LogP contribution in [0.2, 0.25) is 0 Å². The lowest BCUT2D eigenvalue weighted by Gasteiger charge is -2.17. The van der Waals surface area contributed by atoms with Gasteiger partial charge in [-0.25, -0.2) is 4.39 Å². The van der Waals surface area contributed by atoms with Crippen LogP contribution >= 0.6 is 0 Å². The summed E-state index contributed by atoms with van der Waals surface area (Å²) in [5, 5.41) is 2.19. The number of hydrogen-bond acceptors (Lipinski definition) is 1. The van der Waals surface area contributed by atoms with E-state index < -0.39 is 5.82 Å². The Morgan fingerprint density at radius 1 is 0.933 bits per heavy atom. The number of hydrogen-bond donors (Lipinski definition) is 0. The fourth-order valence-corrected chi connectivity index (χ4v) is 4.37. The first kappa shape index (κ1) is 20.3. The maximum absolute atomic E-state index is 14.2. The van der Waals surface area contributed by atoms with E-state index in [4.69, 9.17) is 0 Å². The fourth-order valence-electron chi connectivity index (χ4n) is 4.37. The quantitative estimate of drug-likeness (QED) is 0.282. The minimum atomic E-state index is -0.480. The van der Waals surface area contributed by atoms with Gasteiger partial charge in [-0.2, -0.15) is 0 Å². The van der Waals surface area contributed by atoms with E-state index >= 15 is 0 Å². The Morgan fingerprint density at radius 3 is 2.43 bits per heavy atom. The topological polar surface area (TPSA) is 22.0 Å². The van der Waals surface area contributed by atoms with E-state index in [9.17, 15) is 9.18 Å². The highest BCUT2D eigenvalue weighted by Crippen LogP contribution is 2.32. The Bertz CT molecular complexity index is 1190. The molecule has 0 aliphatic rings. The number of nitrogens with zero attached hydrogens (tertiary/aromatic N) is 1. The summed E-state index contributed by atoms with van der Waals surface area (Å²) in [7, 11) is 0. The third-order valence-corrected chi connectivity index (χ3v) is 6.14. The van der Waals surface area contributed by atoms with Gasteiger partial charge in [-0.15, -0.1) is 0 Å². The molecule has 1 atom stereocenters. The fraction of sp³-hybridized carbons (Fsp3) is 0.296. The highest BCUT2D eigenvalue weighted by atomic mass is 19.1. The second kappa shape index (κ2) is 8.83. The highest BCUT2D eigenvalue weighted by molar-refractivity contribution is 6.14. The van der Waals surface area contributed by atoms with Crippen LogP contribution in [0.1, 0.15) is 55.5 Å². The molecule has 1 heterocycles. The van der Waals surface area contributed by atoms with E-state index in [1.807, 2.05) is 24.3 Å². The minimum Gasteiger partial charge on any atom is -0.340 e. The third kappa shape index (κ3) is 3.77. The van der Waals surface area contributed by atoms with Gasteiger partial charge in [0.05, 0.1) is 5.56 Å². The predicted octanol–water partition coefficient (Wildman–Crippen LogP) is 7.38. The maximum atomic E-state index is 14.2. The predicted molar refractivity (Wildman–Crippen MR) is 123 cm³/mol. The number of ketones is 1. The monoisotopic (exact) mass is 401 g/mol. The van der Waals surface area contributed by atoms with Crippen LogP contribution in [0.4, 0.5) is 4.39 Å². The number of fused-ring (bicyclic) bond motifs is 3. The summed E-state index contributed by atoms with van der Waals surface area (Å²) in [5.74, 6) is -0.128. The van der Waals surface area contributed by atoms with Crippen LogP contribution in [0.5, 0.6) is 0 Å². The van der Waals surface area contributed by atoms with Gasteiger partial charge in [-0.1, -0.05) is 63.4 Å². The number of carbonyl (C=O) groups is 1. The first-order valence-corrected chi connectivity index (χ1v) is 10.9. The standard InChI is InChI=1S/C27H28FNO/c1-3-5-10-19(4-2)18-29-25-14-9-7-11-21(25)23-17-20(15-16-26(23)29)27(30)22-12-6-8-13-24(22)28/h6-9,11-17,19H,3-5,10,18H2,1-2H3. The summed E-state index contributed by atoms with van der Waals surface area (Å²) in [4.78, 5) is 12.9. The van der Waals surface area contributed by atoms with Gasteiger partial charge in [0, 0.05) is 33.9 Å². The molecule has 1 aromatic heterocycles. The molecular formula is C27H28FNO. The van der Waals surface area contributed by atoms with E-state index in [0.717, 1.165) is 29.3 Å². The van der Waals surface area contributed by atoms with Gasteiger partial charge in [0.2, 0.25) is 0 Å². The first-order chi connectivity index (χ1) is 14.6. The lowest BCUT2D eigenvalue weighted by Crippen LogP contribution is -2.10. The zero-order valence-corrected chi connectivity index (χ0v) is 17.7. The van der Waals surface area contributed by atoms with Gasteiger partial charge in [0.1, 0.15) is 5.82 Å². The average Bonchev–Trinajstić information content (AvgIpc) is 3.09. The Balaban J connectivity index is 1.80. The minimum absolute atomic E-state index is 0.117. The molecule has 3 aromatic carbocycles. The lowest BCUT2D eigenvalue weighted by atomic mass is 9.99. The maximum Gasteiger partial charge on any atom is 0.195 e. The van der Waals surface area contributed by atoms with E-state index in [1.54, 1.807) is 18.2 Å². The zero-order chi connectivity index (χ0) is 21.1. The number of carbonyl (C=O) groups excluding carboxylic acids is 1. The molecule has 1 unspecified atom stereocenters. The van der Waals surface area contributed by atoms with Crippen molar-refractivity contribution in [2.45, 2.75) is 46.1 Å². The number of rotatable bonds is 8. The van der Waals surface area contributed by atoms with Crippen molar-refractivity contribution in [2.24, 2.45) is 5.92 Å². The summed E-state index contributed by atoms with van der Waals surface area (Å²) in [6, 6.07) is 20.3. The van der Waals surface area contributed by atoms with Gasteiger partial charge in [0.15, 0.2) is 5.78 Å². The molecule has 0 amide bonds. The molecule has 3 heteroatoms. The summed E-state index contributed by atoms with van der Waals surface area (Å²) in [6.07, 6.45) is 4.84. The van der Waals surface area contributed by atoms with Crippen LogP contribution in [0.25, 0.3) is 21.8 Å². The van der Waals surface area contributed by atoms with Gasteiger partial charge in [-0.3, -0.25) is 4.79 Å². The molecule has 0 saturated carbocycles. The van der Waals surface area contributed by atoms with Crippen molar-refractivity contribution >= 4 is 27.6 Å². The van der Waals surface area contributed by atoms with E-state index in [1.165, 1.54) is 30.8 Å². The van der Waals surface area contributed by atoms with Crippen LogP contribution in [-0.2, 0) is 6.54 Å². The number of benzene rings is 3. The third-order valence-electron chi connectivity index (χ3n) is 6.14. The largest absolute Gasteiger partial charge is 0.340 e. The van der Waals surface area contributed by atoms with Crippen molar-refractivity contribution < 1.29 is 9.18 Å². The molecule has 0 spiro atoms. The molecule has 2 nitrogen and oxygen atoms in total. The number of unbranched alkanes of at least 4 members (excludes halogenated alkanes) is 1. The molecule has 0 saturated heterocycles. The molecule has 0 N–H and O–H groups in total. The van der Waals surface area contributed by atoms with Crippen LogP contribution in [-0.4, -0.2) is 10.4 Å². The summed E-state index contributed by atoms with van der Waals surface area (Å²) in [5.41, 5.74) is 2.97. The van der Waals surface area contributed by atoms with Gasteiger partial charge < -0.3 is 4.57 Å². The first-order valence-electron chi connectivity index (χ1n) is 10.9. The van der Waals surface area contributed by atoms with Crippen molar-refractivity contribution in [3.05, 3.63) is 83.7 Å². The molecule has 30 heavy (non-hydrogen) atoms. The van der Waals surface area contributed by atoms with Crippen LogP contribution < -0.4 is 0 Å². The summed E-state index contributed by atoms with van der Waals surface area (Å²) >= 11 is 0. The molecule has 0 radical (unpaired) electrons. The smallest absolute Gasteiger partial charge is 0.195 e. The molecule has 0 fully saturated rings. The Labute approximate surface area is 177 Å². The van der Waals surface area contributed by atoms with Crippen LogP contribution in [0.3, 0.4) is 0 Å². The van der Waals surface area contributed by atoms with E-state index in [0.29, 0.717) is 11.5 Å². The molecule has 154 valence electrons. The van der Waals surface area contributed by atoms with Crippen LogP contribution in [0.15, 0.2) is 66.7 Å². The molecule has 4 aromatic rings. The normalized spacial score (nSPS) is 12.5. The van der Waals surface area contributed by atoms with Gasteiger partial charge >= 0.3 is 0 Å². The zero-order valence-electron chi connectivity index (χ0n) is 17.7. The molecular weight excluding hydrogens is 373 g/mol. The molecule has 0 aliphatic carbocycles. The van der Waals surface area contributed by atoms with E-state index in [-0.39, 0.29) is 11.3 Å². The highest BCUT2D eigenvalue weighted by Gasteiger charge is 2.18. The Hall–Kier alpha value is -2.94. The van der Waals surface area contributed by atoms with Crippen molar-refractivity contribution in [1.82, 2.24) is 4.57 Å². The van der Waals surface area contributed by atoms with Gasteiger partial charge in [0.25, 0.3) is 0 Å².